The summed E-state index contributed by atoms with van der Waals surface area (Å²) in [4.78, 5) is 4.81. The Morgan fingerprint density at radius 2 is 1.95 bits per heavy atom. The number of ether oxygens (including phenoxy) is 1. The third-order valence-electron chi connectivity index (χ3n) is 12.9. The number of allylic oxidation sites excluding steroid dienone is 1. The average Bonchev–Trinajstić information content (AvgIpc) is 3.31. The minimum absolute atomic E-state index is 0.0513. The Morgan fingerprint density at radius 3 is 2.67 bits per heavy atom. The molecule has 224 valence electrons. The molecule has 4 aliphatic carbocycles. The Bertz CT molecular complexity index is 1210. The fourth-order valence-electron chi connectivity index (χ4n) is 10.9. The maximum absolute atomic E-state index is 11.7. The van der Waals surface area contributed by atoms with Crippen LogP contribution in [-0.2, 0) is 14.8 Å². The first-order valence-electron chi connectivity index (χ1n) is 16.0. The lowest BCUT2D eigenvalue weighted by molar-refractivity contribution is -0.0865. The number of rotatable bonds is 3. The highest BCUT2D eigenvalue weighted by atomic mass is 32.2. The number of nitrogens with zero attached hydrogens (tertiary/aromatic N) is 1. The van der Waals surface area contributed by atoms with Crippen LogP contribution in [0.5, 0.6) is 0 Å². The molecule has 0 radical (unpaired) electrons. The van der Waals surface area contributed by atoms with Crippen LogP contribution in [0.3, 0.4) is 0 Å². The maximum atomic E-state index is 11.7. The van der Waals surface area contributed by atoms with E-state index in [9.17, 15) is 8.42 Å². The first kappa shape index (κ1) is 28.9. The molecule has 2 N–H and O–H groups in total. The zero-order valence-corrected chi connectivity index (χ0v) is 26.6. The third-order valence-corrected chi connectivity index (χ3v) is 13.6. The Labute approximate surface area is 243 Å². The van der Waals surface area contributed by atoms with Crippen molar-refractivity contribution < 1.29 is 13.2 Å². The first-order valence-corrected chi connectivity index (χ1v) is 17.9. The van der Waals surface area contributed by atoms with Gasteiger partial charge in [0.15, 0.2) is 0 Å². The van der Waals surface area contributed by atoms with Gasteiger partial charge in [0.1, 0.15) is 5.84 Å². The van der Waals surface area contributed by atoms with Crippen molar-refractivity contribution in [3.8, 4) is 0 Å². The number of nitrogens with one attached hydrogen (secondary N) is 2. The summed E-state index contributed by atoms with van der Waals surface area (Å²) in [5.41, 5.74) is 3.54. The summed E-state index contributed by atoms with van der Waals surface area (Å²) in [6, 6.07) is 0.598. The number of sulfonamides is 1. The van der Waals surface area contributed by atoms with Gasteiger partial charge in [0, 0.05) is 11.5 Å². The normalized spacial score (nSPS) is 49.1. The zero-order valence-electron chi connectivity index (χ0n) is 25.8. The Kier molecular flexibility index (Phi) is 7.19. The molecule has 0 bridgehead atoms. The van der Waals surface area contributed by atoms with Crippen molar-refractivity contribution in [3.05, 3.63) is 23.8 Å². The van der Waals surface area contributed by atoms with Crippen molar-refractivity contribution >= 4 is 15.9 Å². The topological polar surface area (TPSA) is 79.8 Å². The molecule has 11 atom stereocenters. The van der Waals surface area contributed by atoms with Gasteiger partial charge in [0.2, 0.25) is 10.0 Å². The van der Waals surface area contributed by atoms with E-state index in [-0.39, 0.29) is 17.1 Å². The molecule has 0 unspecified atom stereocenters. The Balaban J connectivity index is 1.22. The standard InChI is InChI=1S/C33H53N3O3S/c1-8-32(6)30-29(15-20(2)19-34-30)39-33(32)14-12-25-26-10-9-23-16-24(35-22(4)36-40(7,37)38)11-13-31(23,5)28(26)17-27(25)21(3)18-33/h8,20,23-26,28-30,34H,1,9-19H2,2-7H3,(H,35,36)/t20-,23-,24+,25-,26-,28-,29+,30+,31-,32+,33-/m0/s1. The minimum Gasteiger partial charge on any atom is -0.369 e. The van der Waals surface area contributed by atoms with E-state index in [4.69, 9.17) is 9.73 Å². The van der Waals surface area contributed by atoms with E-state index in [1.54, 1.807) is 18.1 Å². The molecular weight excluding hydrogens is 518 g/mol. The summed E-state index contributed by atoms with van der Waals surface area (Å²) in [5.74, 6) is 4.12. The highest BCUT2D eigenvalue weighted by Crippen LogP contribution is 2.66. The predicted octanol–water partition coefficient (Wildman–Crippen LogP) is 6.00. The summed E-state index contributed by atoms with van der Waals surface area (Å²) in [6.07, 6.45) is 15.5. The molecule has 40 heavy (non-hydrogen) atoms. The predicted molar refractivity (Wildman–Crippen MR) is 163 cm³/mol. The average molecular weight is 572 g/mol. The van der Waals surface area contributed by atoms with Gasteiger partial charge >= 0.3 is 0 Å². The van der Waals surface area contributed by atoms with Gasteiger partial charge in [-0.25, -0.2) is 8.42 Å². The fourth-order valence-corrected chi connectivity index (χ4v) is 11.5. The van der Waals surface area contributed by atoms with Crippen LogP contribution in [0, 0.1) is 40.4 Å². The largest absolute Gasteiger partial charge is 0.369 e. The Morgan fingerprint density at radius 1 is 1.18 bits per heavy atom. The molecule has 0 aromatic rings. The highest BCUT2D eigenvalue weighted by molar-refractivity contribution is 7.89. The van der Waals surface area contributed by atoms with E-state index < -0.39 is 10.0 Å². The van der Waals surface area contributed by atoms with Gasteiger partial charge < -0.3 is 10.1 Å². The molecule has 2 aliphatic heterocycles. The lowest BCUT2D eigenvalue weighted by Gasteiger charge is -2.54. The summed E-state index contributed by atoms with van der Waals surface area (Å²) in [6.45, 7) is 17.0. The van der Waals surface area contributed by atoms with Crippen molar-refractivity contribution in [2.45, 2.75) is 123 Å². The number of hydrogen-bond acceptors (Lipinski definition) is 5. The SMILES string of the molecule is C=C[C@]1(C)[C@@H]2NC[C@@H](C)C[C@H]2O[C@]12CC[C@@H]1C(=C(C)C2)C[C@H]2[C@H]1CC[C@H]1C[C@H](N=C(C)NS(C)(=O)=O)CC[C@@]12C. The van der Waals surface area contributed by atoms with Crippen LogP contribution in [0.1, 0.15) is 98.8 Å². The molecule has 6 rings (SSSR count). The van der Waals surface area contributed by atoms with Crippen molar-refractivity contribution in [1.82, 2.24) is 10.0 Å². The third kappa shape index (κ3) is 4.56. The number of hydrogen-bond donors (Lipinski definition) is 2. The second-order valence-corrected chi connectivity index (χ2v) is 17.0. The van der Waals surface area contributed by atoms with Crippen LogP contribution >= 0.6 is 0 Å². The van der Waals surface area contributed by atoms with Crippen LogP contribution < -0.4 is 10.0 Å². The van der Waals surface area contributed by atoms with Gasteiger partial charge in [-0.05, 0) is 120 Å². The van der Waals surface area contributed by atoms with E-state index in [1.807, 2.05) is 0 Å². The molecule has 7 heteroatoms. The maximum Gasteiger partial charge on any atom is 0.230 e. The summed E-state index contributed by atoms with van der Waals surface area (Å²) in [5, 5.41) is 3.88. The van der Waals surface area contributed by atoms with E-state index in [1.165, 1.54) is 38.4 Å². The van der Waals surface area contributed by atoms with Crippen molar-refractivity contribution in [2.75, 3.05) is 12.8 Å². The summed E-state index contributed by atoms with van der Waals surface area (Å²) in [7, 11) is -3.27. The molecule has 0 aromatic carbocycles. The number of fused-ring (bicyclic) bond motifs is 6. The lowest BCUT2D eigenvalue weighted by Crippen LogP contribution is -2.55. The highest BCUT2D eigenvalue weighted by Gasteiger charge is 2.64. The van der Waals surface area contributed by atoms with Crippen LogP contribution in [0.2, 0.25) is 0 Å². The zero-order chi connectivity index (χ0) is 28.7. The molecule has 0 aromatic heterocycles. The van der Waals surface area contributed by atoms with E-state index in [2.05, 4.69) is 50.4 Å². The van der Waals surface area contributed by atoms with E-state index in [0.29, 0.717) is 41.2 Å². The number of aliphatic imine (C=N–C) groups is 1. The molecule has 6 aliphatic rings. The Hall–Kier alpha value is -1.18. The van der Waals surface area contributed by atoms with Crippen LogP contribution in [0.4, 0.5) is 0 Å². The first-order chi connectivity index (χ1) is 18.8. The smallest absolute Gasteiger partial charge is 0.230 e. The van der Waals surface area contributed by atoms with Crippen LogP contribution in [0.15, 0.2) is 28.8 Å². The summed E-state index contributed by atoms with van der Waals surface area (Å²) >= 11 is 0. The summed E-state index contributed by atoms with van der Waals surface area (Å²) < 4.78 is 33.1. The van der Waals surface area contributed by atoms with Gasteiger partial charge in [-0.1, -0.05) is 38.0 Å². The molecule has 3 saturated carbocycles. The second-order valence-electron chi connectivity index (χ2n) is 15.3. The van der Waals surface area contributed by atoms with Gasteiger partial charge in [-0.3, -0.25) is 9.71 Å². The van der Waals surface area contributed by atoms with E-state index >= 15 is 0 Å². The molecule has 1 spiro atoms. The van der Waals surface area contributed by atoms with Crippen LogP contribution in [0.25, 0.3) is 0 Å². The number of amidine groups is 1. The van der Waals surface area contributed by atoms with Gasteiger partial charge in [-0.2, -0.15) is 0 Å². The molecule has 0 amide bonds. The van der Waals surface area contributed by atoms with Crippen LogP contribution in [-0.4, -0.2) is 50.8 Å². The quantitative estimate of drug-likeness (QED) is 0.247. The molecule has 5 fully saturated rings. The number of piperidine rings is 1. The van der Waals surface area contributed by atoms with Crippen molar-refractivity contribution in [1.29, 1.82) is 0 Å². The van der Waals surface area contributed by atoms with Gasteiger partial charge in [0.05, 0.1) is 24.0 Å². The minimum atomic E-state index is -3.27. The fraction of sp³-hybridized carbons (Fsp3) is 0.848. The van der Waals surface area contributed by atoms with Gasteiger partial charge in [-0.15, -0.1) is 6.58 Å². The molecule has 2 heterocycles. The second kappa shape index (κ2) is 9.94. The monoisotopic (exact) mass is 571 g/mol. The van der Waals surface area contributed by atoms with Crippen molar-refractivity contribution in [3.63, 3.8) is 0 Å². The lowest BCUT2D eigenvalue weighted by atomic mass is 9.52. The van der Waals surface area contributed by atoms with Gasteiger partial charge in [0.25, 0.3) is 0 Å². The molecular formula is C33H53N3O3S. The van der Waals surface area contributed by atoms with E-state index in [0.717, 1.165) is 50.5 Å². The molecule has 2 saturated heterocycles. The molecule has 6 nitrogen and oxygen atoms in total. The van der Waals surface area contributed by atoms with Crippen molar-refractivity contribution in [2.24, 2.45) is 45.4 Å².